The van der Waals surface area contributed by atoms with Crippen molar-refractivity contribution in [1.82, 2.24) is 25.8 Å². The molecule has 8 nitrogen and oxygen atoms in total. The zero-order chi connectivity index (χ0) is 30.2. The number of nitrogens with one attached hydrogen (secondary N) is 3. The van der Waals surface area contributed by atoms with E-state index in [-0.39, 0.29) is 55.2 Å². The summed E-state index contributed by atoms with van der Waals surface area (Å²) in [6.07, 6.45) is -4.89. The Balaban J connectivity index is 1.68. The molecule has 2 atom stereocenters. The number of nitrogens with zero attached hydrogens (tertiary/aromatic N) is 2. The summed E-state index contributed by atoms with van der Waals surface area (Å²) >= 11 is 0.558. The molecule has 4 rings (SSSR count). The van der Waals surface area contributed by atoms with E-state index in [4.69, 9.17) is 0 Å². The molecule has 15 heteroatoms. The van der Waals surface area contributed by atoms with Gasteiger partial charge in [-0.05, 0) is 45.6 Å². The van der Waals surface area contributed by atoms with E-state index in [1.165, 1.54) is 18.7 Å². The summed E-state index contributed by atoms with van der Waals surface area (Å²) in [4.78, 5) is 31.3. The maximum absolute atomic E-state index is 14.4. The number of alkyl halides is 6. The molecule has 41 heavy (non-hydrogen) atoms. The quantitative estimate of drug-likeness (QED) is 0.347. The number of dihydropyridines is 1. The number of piperidine rings is 1. The average Bonchev–Trinajstić information content (AvgIpc) is 3.33. The molecule has 0 bridgehead atoms. The van der Waals surface area contributed by atoms with Crippen molar-refractivity contribution >= 4 is 28.7 Å². The Bertz CT molecular complexity index is 1200. The summed E-state index contributed by atoms with van der Waals surface area (Å²) in [5.74, 6) is -4.64. The Morgan fingerprint density at radius 3 is 2.49 bits per heavy atom. The van der Waals surface area contributed by atoms with Crippen molar-refractivity contribution in [3.8, 4) is 0 Å². The van der Waals surface area contributed by atoms with E-state index in [1.54, 1.807) is 0 Å². The third-order valence-electron chi connectivity index (χ3n) is 7.14. The first-order valence-electron chi connectivity index (χ1n) is 13.4. The second-order valence-electron chi connectivity index (χ2n) is 11.2. The van der Waals surface area contributed by atoms with Gasteiger partial charge in [0.1, 0.15) is 11.9 Å². The van der Waals surface area contributed by atoms with E-state index >= 15 is 0 Å². The summed E-state index contributed by atoms with van der Waals surface area (Å²) in [7, 11) is 0. The van der Waals surface area contributed by atoms with Gasteiger partial charge in [-0.2, -0.15) is 13.2 Å². The van der Waals surface area contributed by atoms with Crippen molar-refractivity contribution in [2.75, 3.05) is 19.6 Å². The number of aliphatic hydroxyl groups is 1. The molecular weight excluding hydrogens is 576 g/mol. The molecule has 228 valence electrons. The molecule has 4 N–H and O–H groups in total. The second-order valence-corrected chi connectivity index (χ2v) is 12.2. The molecule has 1 aromatic heterocycles. The van der Waals surface area contributed by atoms with Crippen LogP contribution in [-0.4, -0.2) is 82.5 Å². The van der Waals surface area contributed by atoms with E-state index in [1.807, 2.05) is 0 Å². The van der Waals surface area contributed by atoms with Gasteiger partial charge in [0, 0.05) is 37.8 Å². The number of aromatic nitrogens is 1. The minimum absolute atomic E-state index is 0.0259. The third kappa shape index (κ3) is 7.60. The number of carbonyl (C=O) groups is 2. The average molecular weight is 610 g/mol. The molecule has 1 saturated heterocycles. The molecule has 3 aliphatic rings. The van der Waals surface area contributed by atoms with Crippen LogP contribution >= 0.6 is 11.3 Å². The highest BCUT2D eigenvalue weighted by molar-refractivity contribution is 7.15. The summed E-state index contributed by atoms with van der Waals surface area (Å²) in [6.45, 7) is 2.74. The normalized spacial score (nSPS) is 23.9. The summed E-state index contributed by atoms with van der Waals surface area (Å²) in [5, 5.41) is 17.3. The molecule has 1 aromatic rings. The lowest BCUT2D eigenvalue weighted by atomic mass is 9.91. The molecule has 2 aliphatic heterocycles. The van der Waals surface area contributed by atoms with Crippen molar-refractivity contribution in [2.45, 2.75) is 88.5 Å². The van der Waals surface area contributed by atoms with Crippen molar-refractivity contribution < 1.29 is 41.0 Å². The second kappa shape index (κ2) is 11.9. The number of likely N-dealkylation sites (tertiary alicyclic amines) is 1. The Labute approximate surface area is 237 Å². The Morgan fingerprint density at radius 1 is 1.20 bits per heavy atom. The van der Waals surface area contributed by atoms with Crippen molar-refractivity contribution in [3.63, 3.8) is 0 Å². The topological polar surface area (TPSA) is 107 Å². The SMILES string of the molecule is CC(C)(O)CNC(=O)c1nc(C(=O)N2CCC(F)CC2)c(C2=CNC(NC3CCCCC3(F)F)C=C2C(F)(F)F)s1. The lowest BCUT2D eigenvalue weighted by molar-refractivity contribution is -0.0880. The van der Waals surface area contributed by atoms with Crippen LogP contribution in [0.4, 0.5) is 26.3 Å². The molecule has 1 saturated carbocycles. The Morgan fingerprint density at radius 2 is 1.88 bits per heavy atom. The predicted octanol–water partition coefficient (Wildman–Crippen LogP) is 4.14. The van der Waals surface area contributed by atoms with Gasteiger partial charge >= 0.3 is 6.18 Å². The molecular formula is C26H33F6N5O3S. The fraction of sp³-hybridized carbons (Fsp3) is 0.654. The number of carbonyl (C=O) groups excluding carboxylic acids is 2. The van der Waals surface area contributed by atoms with Crippen LogP contribution in [0.3, 0.4) is 0 Å². The van der Waals surface area contributed by atoms with Crippen LogP contribution in [0.5, 0.6) is 0 Å². The smallest absolute Gasteiger partial charge is 0.389 e. The van der Waals surface area contributed by atoms with Crippen LogP contribution in [0.25, 0.3) is 5.57 Å². The number of hydrogen-bond donors (Lipinski definition) is 4. The lowest BCUT2D eigenvalue weighted by Gasteiger charge is -2.35. The summed E-state index contributed by atoms with van der Waals surface area (Å²) in [6, 6.07) is -1.32. The van der Waals surface area contributed by atoms with Gasteiger partial charge in [-0.1, -0.05) is 6.42 Å². The first kappa shape index (κ1) is 31.3. The molecule has 1 aliphatic carbocycles. The Kier molecular flexibility index (Phi) is 9.10. The number of hydrogen-bond acceptors (Lipinski definition) is 7. The predicted molar refractivity (Wildman–Crippen MR) is 140 cm³/mol. The zero-order valence-corrected chi connectivity index (χ0v) is 23.4. The maximum Gasteiger partial charge on any atom is 0.416 e. The van der Waals surface area contributed by atoms with Gasteiger partial charge in [0.25, 0.3) is 17.7 Å². The molecule has 2 fully saturated rings. The minimum atomic E-state index is -4.94. The van der Waals surface area contributed by atoms with Crippen LogP contribution in [0, 0.1) is 0 Å². The van der Waals surface area contributed by atoms with Gasteiger partial charge in [-0.15, -0.1) is 11.3 Å². The monoisotopic (exact) mass is 609 g/mol. The maximum atomic E-state index is 14.4. The first-order chi connectivity index (χ1) is 19.0. The van der Waals surface area contributed by atoms with Crippen LogP contribution in [0.1, 0.15) is 77.5 Å². The van der Waals surface area contributed by atoms with E-state index in [0.29, 0.717) is 24.2 Å². The molecule has 0 radical (unpaired) electrons. The molecule has 0 spiro atoms. The summed E-state index contributed by atoms with van der Waals surface area (Å²) < 4.78 is 85.5. The molecule has 3 heterocycles. The van der Waals surface area contributed by atoms with Crippen molar-refractivity contribution in [2.24, 2.45) is 0 Å². The fourth-order valence-electron chi connectivity index (χ4n) is 4.92. The highest BCUT2D eigenvalue weighted by atomic mass is 32.1. The lowest BCUT2D eigenvalue weighted by Crippen LogP contribution is -2.54. The van der Waals surface area contributed by atoms with E-state index < -0.39 is 64.7 Å². The largest absolute Gasteiger partial charge is 0.416 e. The van der Waals surface area contributed by atoms with Crippen molar-refractivity contribution in [3.05, 3.63) is 33.4 Å². The van der Waals surface area contributed by atoms with Gasteiger partial charge in [-0.25, -0.2) is 18.2 Å². The fourth-order valence-corrected chi connectivity index (χ4v) is 5.92. The van der Waals surface area contributed by atoms with Gasteiger partial charge in [0.05, 0.1) is 28.3 Å². The van der Waals surface area contributed by atoms with Gasteiger partial charge < -0.3 is 20.6 Å². The van der Waals surface area contributed by atoms with Crippen LogP contribution < -0.4 is 16.0 Å². The third-order valence-corrected chi connectivity index (χ3v) is 8.23. The van der Waals surface area contributed by atoms with Gasteiger partial charge in [0.2, 0.25) is 0 Å². The van der Waals surface area contributed by atoms with Crippen molar-refractivity contribution in [1.29, 1.82) is 0 Å². The molecule has 2 unspecified atom stereocenters. The highest BCUT2D eigenvalue weighted by Gasteiger charge is 2.45. The number of halogens is 6. The number of thiazole rings is 1. The van der Waals surface area contributed by atoms with Crippen LogP contribution in [0.15, 0.2) is 17.8 Å². The standard InChI is InChI=1S/C26H33F6N5O3S/c1-24(2,40)13-34-21(38)22-36-19(23(39)37-9-6-14(27)7-10-37)20(41-22)15-12-33-18(11-16(15)26(30,31)32)35-17-5-3-4-8-25(17,28)29/h11-12,14,17-18,33,35,40H,3-10,13H2,1-2H3,(H,34,38). The highest BCUT2D eigenvalue weighted by Crippen LogP contribution is 2.42. The van der Waals surface area contributed by atoms with Gasteiger partial charge in [0.15, 0.2) is 5.01 Å². The van der Waals surface area contributed by atoms with E-state index in [9.17, 15) is 41.0 Å². The Hall–Kier alpha value is -2.65. The van der Waals surface area contributed by atoms with Crippen LogP contribution in [-0.2, 0) is 0 Å². The zero-order valence-electron chi connectivity index (χ0n) is 22.6. The number of allylic oxidation sites excluding steroid dienone is 2. The van der Waals surface area contributed by atoms with Gasteiger partial charge in [-0.3, -0.25) is 14.9 Å². The minimum Gasteiger partial charge on any atom is -0.389 e. The van der Waals surface area contributed by atoms with Crippen LogP contribution in [0.2, 0.25) is 0 Å². The molecule has 2 amide bonds. The van der Waals surface area contributed by atoms with E-state index in [0.717, 1.165) is 12.3 Å². The number of rotatable bonds is 7. The first-order valence-corrected chi connectivity index (χ1v) is 14.2. The summed E-state index contributed by atoms with van der Waals surface area (Å²) in [5.41, 5.74) is -3.36. The van der Waals surface area contributed by atoms with E-state index in [2.05, 4.69) is 20.9 Å². The molecule has 0 aromatic carbocycles. The number of amides is 2.